The van der Waals surface area contributed by atoms with E-state index in [0.29, 0.717) is 36.6 Å². The molecule has 0 saturated heterocycles. The first-order valence-corrected chi connectivity index (χ1v) is 7.99. The number of aryl methyl sites for hydroxylation is 1. The summed E-state index contributed by atoms with van der Waals surface area (Å²) in [5.41, 5.74) is 1.72. The molecule has 9 heteroatoms. The molecule has 2 aromatic rings. The summed E-state index contributed by atoms with van der Waals surface area (Å²) in [7, 11) is 3.41. The molecule has 0 aliphatic carbocycles. The third-order valence-corrected chi connectivity index (χ3v) is 3.39. The van der Waals surface area contributed by atoms with Crippen LogP contribution in [0.1, 0.15) is 19.8 Å². The zero-order chi connectivity index (χ0) is 18.2. The molecule has 2 amide bonds. The molecule has 2 heterocycles. The van der Waals surface area contributed by atoms with Crippen molar-refractivity contribution in [3.63, 3.8) is 0 Å². The van der Waals surface area contributed by atoms with E-state index in [9.17, 15) is 9.59 Å². The molecule has 0 aliphatic heterocycles. The molecule has 2 rings (SSSR count). The van der Waals surface area contributed by atoms with Crippen LogP contribution in [0.3, 0.4) is 0 Å². The van der Waals surface area contributed by atoms with Gasteiger partial charge in [-0.2, -0.15) is 5.10 Å². The maximum Gasteiger partial charge on any atom is 0.409 e. The second-order valence-corrected chi connectivity index (χ2v) is 5.43. The summed E-state index contributed by atoms with van der Waals surface area (Å²) >= 11 is 0. The predicted octanol–water partition coefficient (Wildman–Crippen LogP) is 1.68. The Balaban J connectivity index is 1.90. The minimum Gasteiger partial charge on any atom is -0.450 e. The molecular weight excluding hydrogens is 324 g/mol. The highest BCUT2D eigenvalue weighted by Crippen LogP contribution is 2.23. The van der Waals surface area contributed by atoms with Gasteiger partial charge < -0.3 is 15.0 Å². The van der Waals surface area contributed by atoms with Crippen LogP contribution in [0.15, 0.2) is 24.8 Å². The van der Waals surface area contributed by atoms with Gasteiger partial charge in [0.15, 0.2) is 0 Å². The van der Waals surface area contributed by atoms with Crippen LogP contribution in [0.4, 0.5) is 10.5 Å². The number of aromatic nitrogens is 4. The van der Waals surface area contributed by atoms with Gasteiger partial charge in [-0.05, 0) is 13.3 Å². The Hall–Kier alpha value is -2.97. The minimum atomic E-state index is -0.389. The number of ether oxygens (including phenoxy) is 1. The first kappa shape index (κ1) is 18.4. The molecule has 0 unspecified atom stereocenters. The molecule has 0 spiro atoms. The Morgan fingerprint density at radius 2 is 2.16 bits per heavy atom. The summed E-state index contributed by atoms with van der Waals surface area (Å²) < 4.78 is 6.49. The summed E-state index contributed by atoms with van der Waals surface area (Å²) in [6, 6.07) is 0. The van der Waals surface area contributed by atoms with E-state index in [1.54, 1.807) is 50.5 Å². The molecule has 0 bridgehead atoms. The van der Waals surface area contributed by atoms with Gasteiger partial charge in [-0.3, -0.25) is 19.4 Å². The van der Waals surface area contributed by atoms with E-state index < -0.39 is 0 Å². The SMILES string of the molecule is CCOC(=O)N(C)CCCC(=O)Nc1cn(C)nc1-c1cnccn1. The number of carbonyl (C=O) groups is 2. The third-order valence-electron chi connectivity index (χ3n) is 3.39. The number of nitrogens with one attached hydrogen (secondary N) is 1. The lowest BCUT2D eigenvalue weighted by Crippen LogP contribution is -2.29. The molecule has 9 nitrogen and oxygen atoms in total. The normalized spacial score (nSPS) is 10.4. The largest absolute Gasteiger partial charge is 0.450 e. The molecule has 134 valence electrons. The van der Waals surface area contributed by atoms with Crippen LogP contribution in [-0.2, 0) is 16.6 Å². The Labute approximate surface area is 146 Å². The van der Waals surface area contributed by atoms with Crippen LogP contribution >= 0.6 is 0 Å². The highest BCUT2D eigenvalue weighted by molar-refractivity contribution is 5.94. The molecule has 2 aromatic heterocycles. The standard InChI is InChI=1S/C16H22N6O3/c1-4-25-16(24)21(2)9-5-6-14(23)19-13-11-22(3)20-15(13)12-10-17-7-8-18-12/h7-8,10-11H,4-6,9H2,1-3H3,(H,19,23). The van der Waals surface area contributed by atoms with Gasteiger partial charge in [-0.15, -0.1) is 0 Å². The first-order valence-electron chi connectivity index (χ1n) is 7.99. The van der Waals surface area contributed by atoms with Crippen molar-refractivity contribution in [2.45, 2.75) is 19.8 Å². The van der Waals surface area contributed by atoms with Crippen molar-refractivity contribution in [2.75, 3.05) is 25.5 Å². The number of nitrogens with zero attached hydrogens (tertiary/aromatic N) is 5. The second kappa shape index (κ2) is 8.76. The topological polar surface area (TPSA) is 102 Å². The maximum absolute atomic E-state index is 12.2. The first-order chi connectivity index (χ1) is 12.0. The van der Waals surface area contributed by atoms with Crippen LogP contribution < -0.4 is 5.32 Å². The fraction of sp³-hybridized carbons (Fsp3) is 0.438. The van der Waals surface area contributed by atoms with E-state index in [1.165, 1.54) is 4.90 Å². The van der Waals surface area contributed by atoms with Crippen LogP contribution in [0, 0.1) is 0 Å². The van der Waals surface area contributed by atoms with Crippen LogP contribution in [0.2, 0.25) is 0 Å². The van der Waals surface area contributed by atoms with Crippen LogP contribution in [0.5, 0.6) is 0 Å². The summed E-state index contributed by atoms with van der Waals surface area (Å²) in [5, 5.41) is 7.15. The van der Waals surface area contributed by atoms with Gasteiger partial charge in [0, 0.05) is 45.7 Å². The van der Waals surface area contributed by atoms with Gasteiger partial charge >= 0.3 is 6.09 Å². The van der Waals surface area contributed by atoms with E-state index >= 15 is 0 Å². The second-order valence-electron chi connectivity index (χ2n) is 5.43. The fourth-order valence-electron chi connectivity index (χ4n) is 2.20. The van der Waals surface area contributed by atoms with Crippen molar-refractivity contribution >= 4 is 17.7 Å². The number of amides is 2. The molecular formula is C16H22N6O3. The van der Waals surface area contributed by atoms with Gasteiger partial charge in [0.05, 0.1) is 18.5 Å². The van der Waals surface area contributed by atoms with Crippen molar-refractivity contribution < 1.29 is 14.3 Å². The number of anilines is 1. The molecule has 1 N–H and O–H groups in total. The number of hydrogen-bond acceptors (Lipinski definition) is 6. The van der Waals surface area contributed by atoms with E-state index in [1.807, 2.05) is 0 Å². The monoisotopic (exact) mass is 346 g/mol. The summed E-state index contributed by atoms with van der Waals surface area (Å²) in [5.74, 6) is -0.157. The quantitative estimate of drug-likeness (QED) is 0.818. The summed E-state index contributed by atoms with van der Waals surface area (Å²) in [6.45, 7) is 2.52. The lowest BCUT2D eigenvalue weighted by molar-refractivity contribution is -0.116. The Kier molecular flexibility index (Phi) is 6.44. The zero-order valence-corrected chi connectivity index (χ0v) is 14.6. The lowest BCUT2D eigenvalue weighted by Gasteiger charge is -2.15. The van der Waals surface area contributed by atoms with E-state index in [0.717, 1.165) is 0 Å². The molecule has 0 atom stereocenters. The van der Waals surface area contributed by atoms with E-state index in [-0.39, 0.29) is 18.4 Å². The predicted molar refractivity (Wildman–Crippen MR) is 91.7 cm³/mol. The van der Waals surface area contributed by atoms with Gasteiger partial charge in [0.2, 0.25) is 5.91 Å². The molecule has 0 aliphatic rings. The van der Waals surface area contributed by atoms with Crippen molar-refractivity contribution in [3.05, 3.63) is 24.8 Å². The minimum absolute atomic E-state index is 0.157. The van der Waals surface area contributed by atoms with Gasteiger partial charge in [0.1, 0.15) is 11.4 Å². The van der Waals surface area contributed by atoms with Gasteiger partial charge in [0.25, 0.3) is 0 Å². The third kappa shape index (κ3) is 5.27. The average molecular weight is 346 g/mol. The maximum atomic E-state index is 12.2. The smallest absolute Gasteiger partial charge is 0.409 e. The van der Waals surface area contributed by atoms with Crippen molar-refractivity contribution in [3.8, 4) is 11.4 Å². The van der Waals surface area contributed by atoms with Crippen molar-refractivity contribution in [2.24, 2.45) is 7.05 Å². The number of hydrogen-bond donors (Lipinski definition) is 1. The highest BCUT2D eigenvalue weighted by atomic mass is 16.5. The van der Waals surface area contributed by atoms with Gasteiger partial charge in [-0.25, -0.2) is 4.79 Å². The van der Waals surface area contributed by atoms with Crippen molar-refractivity contribution in [1.82, 2.24) is 24.6 Å². The molecule has 0 aromatic carbocycles. The zero-order valence-electron chi connectivity index (χ0n) is 14.6. The van der Waals surface area contributed by atoms with E-state index in [4.69, 9.17) is 4.74 Å². The number of carbonyl (C=O) groups excluding carboxylic acids is 2. The molecule has 0 radical (unpaired) electrons. The van der Waals surface area contributed by atoms with Crippen LogP contribution in [0.25, 0.3) is 11.4 Å². The summed E-state index contributed by atoms with van der Waals surface area (Å²) in [4.78, 5) is 33.3. The lowest BCUT2D eigenvalue weighted by atomic mass is 10.2. The highest BCUT2D eigenvalue weighted by Gasteiger charge is 2.15. The Morgan fingerprint density at radius 3 is 2.84 bits per heavy atom. The number of rotatable bonds is 7. The molecule has 0 saturated carbocycles. The molecule has 25 heavy (non-hydrogen) atoms. The van der Waals surface area contributed by atoms with Gasteiger partial charge in [-0.1, -0.05) is 0 Å². The van der Waals surface area contributed by atoms with Crippen LogP contribution in [-0.4, -0.2) is 56.8 Å². The molecule has 0 fully saturated rings. The summed E-state index contributed by atoms with van der Waals surface area (Å²) in [6.07, 6.45) is 6.87. The Morgan fingerprint density at radius 1 is 1.36 bits per heavy atom. The van der Waals surface area contributed by atoms with E-state index in [2.05, 4.69) is 20.4 Å². The fourth-order valence-corrected chi connectivity index (χ4v) is 2.20. The average Bonchev–Trinajstić information content (AvgIpc) is 2.96. The Bertz CT molecular complexity index is 716. The van der Waals surface area contributed by atoms with Crippen molar-refractivity contribution in [1.29, 1.82) is 0 Å².